The number of rotatable bonds is 6. The fourth-order valence-corrected chi connectivity index (χ4v) is 2.00. The summed E-state index contributed by atoms with van der Waals surface area (Å²) in [7, 11) is 0. The van der Waals surface area contributed by atoms with Crippen LogP contribution in [0, 0.1) is 5.41 Å². The molecule has 0 saturated carbocycles. The lowest BCUT2D eigenvalue weighted by Crippen LogP contribution is -2.32. The molecule has 1 aromatic carbocycles. The number of thioether (sulfide) groups is 1. The van der Waals surface area contributed by atoms with Crippen LogP contribution in [0.5, 0.6) is 0 Å². The number of benzene rings is 1. The molecule has 0 unspecified atom stereocenters. The molecule has 5 heteroatoms. The van der Waals surface area contributed by atoms with E-state index in [4.69, 9.17) is 17.0 Å². The molecule has 17 heavy (non-hydrogen) atoms. The number of amidine groups is 1. The number of nitrogens with one attached hydrogen (secondary N) is 3. The zero-order valence-corrected chi connectivity index (χ0v) is 11.5. The van der Waals surface area contributed by atoms with Crippen LogP contribution in [0.25, 0.3) is 0 Å². The Hall–Kier alpha value is -0.710. The van der Waals surface area contributed by atoms with Crippen LogP contribution in [0.2, 0.25) is 5.02 Å². The van der Waals surface area contributed by atoms with E-state index in [1.54, 1.807) is 0 Å². The highest BCUT2D eigenvalue weighted by atomic mass is 35.5. The second kappa shape index (κ2) is 8.39. The first-order valence-corrected chi connectivity index (χ1v) is 6.99. The summed E-state index contributed by atoms with van der Waals surface area (Å²) in [5.41, 5.74) is 1.17. The molecule has 0 aromatic heterocycles. The first-order valence-electron chi connectivity index (χ1n) is 5.62. The van der Waals surface area contributed by atoms with E-state index < -0.39 is 0 Å². The van der Waals surface area contributed by atoms with Crippen molar-refractivity contribution >= 4 is 28.5 Å². The van der Waals surface area contributed by atoms with Gasteiger partial charge in [0.15, 0.2) is 5.17 Å². The van der Waals surface area contributed by atoms with Gasteiger partial charge in [-0.25, -0.2) is 0 Å². The third-order valence-electron chi connectivity index (χ3n) is 2.10. The maximum absolute atomic E-state index is 7.70. The molecule has 3 N–H and O–H groups in total. The van der Waals surface area contributed by atoms with Gasteiger partial charge in [0, 0.05) is 10.8 Å². The van der Waals surface area contributed by atoms with Crippen molar-refractivity contribution in [3.63, 3.8) is 0 Å². The largest absolute Gasteiger partial charge is 0.353 e. The maximum atomic E-state index is 7.70. The molecular weight excluding hydrogens is 254 g/mol. The van der Waals surface area contributed by atoms with E-state index in [0.29, 0.717) is 11.8 Å². The average Bonchev–Trinajstić information content (AvgIpc) is 2.34. The molecule has 0 amide bonds. The molecule has 1 rings (SSSR count). The summed E-state index contributed by atoms with van der Waals surface area (Å²) in [6.07, 6.45) is 1.10. The van der Waals surface area contributed by atoms with Crippen molar-refractivity contribution in [1.29, 1.82) is 5.41 Å². The standard InChI is InChI=1S/C12H18ClN3S/c1-2-7-15-9-16-12(14)17-8-10-3-5-11(13)6-4-10/h3-6,15H,2,7-9H2,1H3,(H2,14,16). The van der Waals surface area contributed by atoms with Gasteiger partial charge in [0.2, 0.25) is 0 Å². The fourth-order valence-electron chi connectivity index (χ4n) is 1.20. The van der Waals surface area contributed by atoms with Crippen molar-refractivity contribution < 1.29 is 0 Å². The van der Waals surface area contributed by atoms with Crippen molar-refractivity contribution in [2.45, 2.75) is 19.1 Å². The highest BCUT2D eigenvalue weighted by Crippen LogP contribution is 2.15. The van der Waals surface area contributed by atoms with E-state index in [1.807, 2.05) is 24.3 Å². The van der Waals surface area contributed by atoms with Crippen LogP contribution in [-0.4, -0.2) is 18.4 Å². The van der Waals surface area contributed by atoms with Crippen molar-refractivity contribution in [3.8, 4) is 0 Å². The summed E-state index contributed by atoms with van der Waals surface area (Å²) in [5, 5.41) is 15.1. The Balaban J connectivity index is 2.17. The highest BCUT2D eigenvalue weighted by Gasteiger charge is 1.98. The van der Waals surface area contributed by atoms with Gasteiger partial charge in [0.05, 0.1) is 6.67 Å². The summed E-state index contributed by atoms with van der Waals surface area (Å²) < 4.78 is 0. The molecule has 0 heterocycles. The van der Waals surface area contributed by atoms with Crippen LogP contribution in [0.15, 0.2) is 24.3 Å². The molecule has 0 fully saturated rings. The zero-order valence-electron chi connectivity index (χ0n) is 9.92. The molecule has 0 bridgehead atoms. The first kappa shape index (κ1) is 14.4. The number of hydrogen-bond donors (Lipinski definition) is 3. The van der Waals surface area contributed by atoms with E-state index in [9.17, 15) is 0 Å². The van der Waals surface area contributed by atoms with Gasteiger partial charge >= 0.3 is 0 Å². The normalized spacial score (nSPS) is 10.2. The number of halogens is 1. The fraction of sp³-hybridized carbons (Fsp3) is 0.417. The smallest absolute Gasteiger partial charge is 0.155 e. The van der Waals surface area contributed by atoms with Gasteiger partial charge in [-0.15, -0.1) is 0 Å². The molecule has 3 nitrogen and oxygen atoms in total. The lowest BCUT2D eigenvalue weighted by Gasteiger charge is -2.08. The third kappa shape index (κ3) is 6.56. The minimum absolute atomic E-state index is 0.489. The topological polar surface area (TPSA) is 47.9 Å². The molecule has 0 radical (unpaired) electrons. The quantitative estimate of drug-likeness (QED) is 0.323. The van der Waals surface area contributed by atoms with Gasteiger partial charge in [-0.3, -0.25) is 5.41 Å². The molecule has 0 saturated heterocycles. The summed E-state index contributed by atoms with van der Waals surface area (Å²) >= 11 is 7.29. The van der Waals surface area contributed by atoms with Crippen LogP contribution in [-0.2, 0) is 5.75 Å². The van der Waals surface area contributed by atoms with Gasteiger partial charge in [-0.05, 0) is 30.7 Å². The summed E-state index contributed by atoms with van der Waals surface area (Å²) in [5.74, 6) is 0.788. The van der Waals surface area contributed by atoms with Crippen LogP contribution in [0.1, 0.15) is 18.9 Å². The highest BCUT2D eigenvalue weighted by molar-refractivity contribution is 8.13. The predicted octanol–water partition coefficient (Wildman–Crippen LogP) is 3.05. The molecule has 0 aliphatic rings. The second-order valence-corrected chi connectivity index (χ2v) is 5.02. The molecule has 0 aliphatic carbocycles. The van der Waals surface area contributed by atoms with Crippen molar-refractivity contribution in [2.24, 2.45) is 0 Å². The van der Waals surface area contributed by atoms with Crippen molar-refractivity contribution in [1.82, 2.24) is 10.6 Å². The van der Waals surface area contributed by atoms with Crippen LogP contribution < -0.4 is 10.6 Å². The molecule has 0 spiro atoms. The number of hydrogen-bond acceptors (Lipinski definition) is 3. The second-order valence-electron chi connectivity index (χ2n) is 3.60. The van der Waals surface area contributed by atoms with Crippen LogP contribution in [0.4, 0.5) is 0 Å². The molecule has 0 atom stereocenters. The SMILES string of the molecule is CCCNCNC(=N)SCc1ccc(Cl)cc1. The van der Waals surface area contributed by atoms with Gasteiger partial charge in [0.25, 0.3) is 0 Å². The van der Waals surface area contributed by atoms with E-state index in [1.165, 1.54) is 17.3 Å². The average molecular weight is 272 g/mol. The lowest BCUT2D eigenvalue weighted by molar-refractivity contribution is 0.655. The Kier molecular flexibility index (Phi) is 7.08. The minimum Gasteiger partial charge on any atom is -0.353 e. The van der Waals surface area contributed by atoms with Gasteiger partial charge in [0.1, 0.15) is 0 Å². The maximum Gasteiger partial charge on any atom is 0.155 e. The van der Waals surface area contributed by atoms with Gasteiger partial charge in [-0.2, -0.15) is 0 Å². The Bertz CT molecular complexity index is 340. The molecule has 1 aromatic rings. The van der Waals surface area contributed by atoms with E-state index in [2.05, 4.69) is 17.6 Å². The van der Waals surface area contributed by atoms with Gasteiger partial charge in [-0.1, -0.05) is 42.4 Å². The summed E-state index contributed by atoms with van der Waals surface area (Å²) in [6.45, 7) is 3.75. The van der Waals surface area contributed by atoms with Crippen LogP contribution in [0.3, 0.4) is 0 Å². The van der Waals surface area contributed by atoms with E-state index in [-0.39, 0.29) is 0 Å². The van der Waals surface area contributed by atoms with Gasteiger partial charge < -0.3 is 10.6 Å². The Morgan fingerprint density at radius 1 is 1.35 bits per heavy atom. The summed E-state index contributed by atoms with van der Waals surface area (Å²) in [6, 6.07) is 7.71. The van der Waals surface area contributed by atoms with Crippen molar-refractivity contribution in [3.05, 3.63) is 34.9 Å². The summed E-state index contributed by atoms with van der Waals surface area (Å²) in [4.78, 5) is 0. The van der Waals surface area contributed by atoms with Crippen molar-refractivity contribution in [2.75, 3.05) is 13.2 Å². The molecule has 94 valence electrons. The zero-order chi connectivity index (χ0) is 12.5. The first-order chi connectivity index (χ1) is 8.22. The third-order valence-corrected chi connectivity index (χ3v) is 3.26. The Labute approximate surface area is 112 Å². The lowest BCUT2D eigenvalue weighted by atomic mass is 10.2. The van der Waals surface area contributed by atoms with Crippen LogP contribution >= 0.6 is 23.4 Å². The molecule has 0 aliphatic heterocycles. The predicted molar refractivity (Wildman–Crippen MR) is 76.8 cm³/mol. The van der Waals surface area contributed by atoms with E-state index in [0.717, 1.165) is 23.7 Å². The van der Waals surface area contributed by atoms with E-state index >= 15 is 0 Å². The minimum atomic E-state index is 0.489. The monoisotopic (exact) mass is 271 g/mol. The molecular formula is C12H18ClN3S. The Morgan fingerprint density at radius 2 is 2.06 bits per heavy atom. The Morgan fingerprint density at radius 3 is 2.71 bits per heavy atom.